The molecule has 0 spiro atoms. The minimum atomic E-state index is 0.123. The van der Waals surface area contributed by atoms with Crippen molar-refractivity contribution in [2.75, 3.05) is 26.2 Å². The van der Waals surface area contributed by atoms with Crippen molar-refractivity contribution in [2.45, 2.75) is 20.4 Å². The van der Waals surface area contributed by atoms with Crippen LogP contribution in [0.15, 0.2) is 41.8 Å². The molecule has 1 fully saturated rings. The Bertz CT molecular complexity index is 727. The Morgan fingerprint density at radius 3 is 2.50 bits per heavy atom. The lowest BCUT2D eigenvalue weighted by Crippen LogP contribution is -2.47. The van der Waals surface area contributed by atoms with Crippen LogP contribution in [0.2, 0.25) is 0 Å². The number of hydrogen-bond donors (Lipinski definition) is 0. The lowest BCUT2D eigenvalue weighted by Gasteiger charge is -2.34. The van der Waals surface area contributed by atoms with Crippen LogP contribution >= 0.6 is 11.3 Å². The van der Waals surface area contributed by atoms with Gasteiger partial charge in [0, 0.05) is 43.7 Å². The van der Waals surface area contributed by atoms with Gasteiger partial charge >= 0.3 is 0 Å². The van der Waals surface area contributed by atoms with Crippen molar-refractivity contribution in [2.24, 2.45) is 0 Å². The molecule has 3 rings (SSSR count). The van der Waals surface area contributed by atoms with Gasteiger partial charge in [0.15, 0.2) is 0 Å². The molecule has 1 aromatic carbocycles. The van der Waals surface area contributed by atoms with Gasteiger partial charge in [-0.05, 0) is 48.1 Å². The van der Waals surface area contributed by atoms with Crippen molar-refractivity contribution in [1.82, 2.24) is 9.80 Å². The molecule has 2 heterocycles. The second-order valence-electron chi connectivity index (χ2n) is 6.33. The summed E-state index contributed by atoms with van der Waals surface area (Å²) in [5.41, 5.74) is 3.95. The molecule has 4 heteroatoms. The molecule has 0 saturated carbocycles. The van der Waals surface area contributed by atoms with Gasteiger partial charge in [-0.1, -0.05) is 24.3 Å². The molecule has 126 valence electrons. The molecule has 24 heavy (non-hydrogen) atoms. The fourth-order valence-corrected chi connectivity index (χ4v) is 3.78. The van der Waals surface area contributed by atoms with Gasteiger partial charge in [0.25, 0.3) is 0 Å². The van der Waals surface area contributed by atoms with Gasteiger partial charge in [-0.2, -0.15) is 0 Å². The fraction of sp³-hybridized carbons (Fsp3) is 0.350. The number of amides is 1. The molecule has 1 amide bonds. The number of benzene rings is 1. The average molecular weight is 340 g/mol. The molecule has 1 aliphatic heterocycles. The highest BCUT2D eigenvalue weighted by molar-refractivity contribution is 7.11. The van der Waals surface area contributed by atoms with Crippen molar-refractivity contribution in [3.63, 3.8) is 0 Å². The van der Waals surface area contributed by atoms with Crippen LogP contribution in [0, 0.1) is 13.8 Å². The van der Waals surface area contributed by atoms with Gasteiger partial charge in [0.1, 0.15) is 0 Å². The second kappa shape index (κ2) is 7.77. The quantitative estimate of drug-likeness (QED) is 0.792. The third kappa shape index (κ3) is 4.13. The monoisotopic (exact) mass is 340 g/mol. The summed E-state index contributed by atoms with van der Waals surface area (Å²) in [5.74, 6) is 0.123. The molecule has 0 atom stereocenters. The van der Waals surface area contributed by atoms with Crippen LogP contribution in [-0.2, 0) is 11.3 Å². The Morgan fingerprint density at radius 1 is 1.08 bits per heavy atom. The van der Waals surface area contributed by atoms with Gasteiger partial charge in [-0.15, -0.1) is 11.3 Å². The summed E-state index contributed by atoms with van der Waals surface area (Å²) in [6.45, 7) is 8.69. The molecule has 2 aromatic rings. The molecule has 0 radical (unpaired) electrons. The van der Waals surface area contributed by atoms with Crippen molar-refractivity contribution in [3.8, 4) is 0 Å². The van der Waals surface area contributed by atoms with Crippen molar-refractivity contribution in [1.29, 1.82) is 0 Å². The zero-order valence-electron chi connectivity index (χ0n) is 14.4. The molecule has 0 aliphatic carbocycles. The number of nitrogens with zero attached hydrogens (tertiary/aromatic N) is 2. The summed E-state index contributed by atoms with van der Waals surface area (Å²) in [4.78, 5) is 17.9. The zero-order chi connectivity index (χ0) is 16.9. The Labute approximate surface area is 148 Å². The Morgan fingerprint density at radius 2 is 1.83 bits per heavy atom. The smallest absolute Gasteiger partial charge is 0.246 e. The number of rotatable bonds is 4. The molecule has 0 unspecified atom stereocenters. The largest absolute Gasteiger partial charge is 0.337 e. The third-order valence-electron chi connectivity index (χ3n) is 4.62. The predicted octanol–water partition coefficient (Wildman–Crippen LogP) is 3.72. The highest BCUT2D eigenvalue weighted by atomic mass is 32.1. The van der Waals surface area contributed by atoms with Crippen LogP contribution in [0.5, 0.6) is 0 Å². The van der Waals surface area contributed by atoms with E-state index in [1.165, 1.54) is 21.6 Å². The van der Waals surface area contributed by atoms with Crippen LogP contribution in [0.3, 0.4) is 0 Å². The highest BCUT2D eigenvalue weighted by Gasteiger charge is 2.19. The van der Waals surface area contributed by atoms with Crippen LogP contribution in [-0.4, -0.2) is 41.9 Å². The fourth-order valence-electron chi connectivity index (χ4n) is 2.96. The average Bonchev–Trinajstić information content (AvgIpc) is 3.00. The Hall–Kier alpha value is -1.91. The Kier molecular flexibility index (Phi) is 5.48. The van der Waals surface area contributed by atoms with Crippen LogP contribution < -0.4 is 0 Å². The van der Waals surface area contributed by atoms with Gasteiger partial charge in [-0.25, -0.2) is 0 Å². The molecular weight excluding hydrogens is 316 g/mol. The van der Waals surface area contributed by atoms with E-state index in [0.29, 0.717) is 0 Å². The van der Waals surface area contributed by atoms with E-state index in [1.54, 1.807) is 17.4 Å². The Balaban J connectivity index is 1.51. The topological polar surface area (TPSA) is 23.6 Å². The number of thiophene rings is 1. The van der Waals surface area contributed by atoms with Crippen molar-refractivity contribution < 1.29 is 4.79 Å². The van der Waals surface area contributed by atoms with E-state index < -0.39 is 0 Å². The first-order chi connectivity index (χ1) is 11.6. The standard InChI is InChI=1S/C20H24N2OS/c1-16-5-3-4-6-18(16)15-21-10-12-22(13-11-21)20(23)8-7-19-17(2)9-14-24-19/h3-9,14H,10-13,15H2,1-2H3/b8-7+. The van der Waals surface area contributed by atoms with E-state index in [-0.39, 0.29) is 5.91 Å². The van der Waals surface area contributed by atoms with Crippen LogP contribution in [0.1, 0.15) is 21.6 Å². The lowest BCUT2D eigenvalue weighted by atomic mass is 10.1. The first-order valence-electron chi connectivity index (χ1n) is 8.41. The molecule has 1 aliphatic rings. The lowest BCUT2D eigenvalue weighted by molar-refractivity contribution is -0.127. The summed E-state index contributed by atoms with van der Waals surface area (Å²) in [6, 6.07) is 10.6. The SMILES string of the molecule is Cc1ccccc1CN1CCN(C(=O)/C=C/c2sccc2C)CC1. The molecule has 3 nitrogen and oxygen atoms in total. The summed E-state index contributed by atoms with van der Waals surface area (Å²) in [5, 5.41) is 2.06. The highest BCUT2D eigenvalue weighted by Crippen LogP contribution is 2.17. The first-order valence-corrected chi connectivity index (χ1v) is 9.29. The summed E-state index contributed by atoms with van der Waals surface area (Å²) >= 11 is 1.68. The first kappa shape index (κ1) is 16.9. The number of carbonyl (C=O) groups is 1. The van der Waals surface area contributed by atoms with Crippen molar-refractivity contribution in [3.05, 3.63) is 63.4 Å². The van der Waals surface area contributed by atoms with Gasteiger partial charge in [0.2, 0.25) is 5.91 Å². The maximum atomic E-state index is 12.3. The van der Waals surface area contributed by atoms with E-state index in [2.05, 4.69) is 54.5 Å². The van der Waals surface area contributed by atoms with Crippen LogP contribution in [0.4, 0.5) is 0 Å². The number of hydrogen-bond acceptors (Lipinski definition) is 3. The predicted molar refractivity (Wildman–Crippen MR) is 101 cm³/mol. The minimum Gasteiger partial charge on any atom is -0.337 e. The number of aryl methyl sites for hydroxylation is 2. The van der Waals surface area contributed by atoms with E-state index >= 15 is 0 Å². The normalized spacial score (nSPS) is 16.0. The molecule has 1 aromatic heterocycles. The number of piperazine rings is 1. The summed E-state index contributed by atoms with van der Waals surface area (Å²) in [6.07, 6.45) is 3.66. The van der Waals surface area contributed by atoms with Gasteiger partial charge < -0.3 is 4.90 Å². The zero-order valence-corrected chi connectivity index (χ0v) is 15.2. The molecule has 0 N–H and O–H groups in total. The van der Waals surface area contributed by atoms with E-state index in [0.717, 1.165) is 32.7 Å². The third-order valence-corrected chi connectivity index (χ3v) is 5.60. The maximum Gasteiger partial charge on any atom is 0.246 e. The minimum absolute atomic E-state index is 0.123. The second-order valence-corrected chi connectivity index (χ2v) is 7.28. The maximum absolute atomic E-state index is 12.3. The van der Waals surface area contributed by atoms with Gasteiger partial charge in [0.05, 0.1) is 0 Å². The molecular formula is C20H24N2OS. The van der Waals surface area contributed by atoms with E-state index in [1.807, 2.05) is 11.0 Å². The number of carbonyl (C=O) groups excluding carboxylic acids is 1. The van der Waals surface area contributed by atoms with Gasteiger partial charge in [-0.3, -0.25) is 9.69 Å². The summed E-state index contributed by atoms with van der Waals surface area (Å²) in [7, 11) is 0. The van der Waals surface area contributed by atoms with E-state index in [9.17, 15) is 4.79 Å². The molecule has 1 saturated heterocycles. The molecule has 0 bridgehead atoms. The van der Waals surface area contributed by atoms with E-state index in [4.69, 9.17) is 0 Å². The van der Waals surface area contributed by atoms with Crippen molar-refractivity contribution >= 4 is 23.3 Å². The van der Waals surface area contributed by atoms with Crippen LogP contribution in [0.25, 0.3) is 6.08 Å². The summed E-state index contributed by atoms with van der Waals surface area (Å²) < 4.78 is 0.